The highest BCUT2D eigenvalue weighted by molar-refractivity contribution is 5.75. The van der Waals surface area contributed by atoms with E-state index in [2.05, 4.69) is 16.5 Å². The van der Waals surface area contributed by atoms with Crippen LogP contribution in [0.3, 0.4) is 0 Å². The average Bonchev–Trinajstić information content (AvgIpc) is 2.96. The lowest BCUT2D eigenvalue weighted by atomic mass is 9.97. The molecule has 0 unspecified atom stereocenters. The van der Waals surface area contributed by atoms with Crippen LogP contribution in [-0.4, -0.2) is 28.8 Å². The van der Waals surface area contributed by atoms with Gasteiger partial charge in [0.25, 0.3) is 0 Å². The molecule has 0 radical (unpaired) electrons. The number of para-hydroxylation sites is 1. The first-order valence-corrected chi connectivity index (χ1v) is 7.68. The standard InChI is InChI=1S/C17H21N3O2/c1-13-6-8-20(19-13)9-7-17(21)18-11-14-10-15-4-2-3-5-16(15)22-12-14/h2-6,8,14H,7,9-12H2,1H3,(H,18,21)/t14-/m0/s1. The highest BCUT2D eigenvalue weighted by Crippen LogP contribution is 2.26. The van der Waals surface area contributed by atoms with Crippen molar-refractivity contribution >= 4 is 5.91 Å². The lowest BCUT2D eigenvalue weighted by Gasteiger charge is -2.25. The normalized spacial score (nSPS) is 16.7. The summed E-state index contributed by atoms with van der Waals surface area (Å²) in [7, 11) is 0. The Balaban J connectivity index is 1.42. The van der Waals surface area contributed by atoms with E-state index in [1.54, 1.807) is 4.68 Å². The smallest absolute Gasteiger partial charge is 0.221 e. The van der Waals surface area contributed by atoms with Gasteiger partial charge in [0.05, 0.1) is 12.3 Å². The molecule has 0 bridgehead atoms. The molecule has 1 N–H and O–H groups in total. The number of nitrogens with one attached hydrogen (secondary N) is 1. The molecule has 0 aliphatic carbocycles. The molecule has 1 aliphatic rings. The van der Waals surface area contributed by atoms with E-state index in [9.17, 15) is 4.79 Å². The first kappa shape index (κ1) is 14.6. The Bertz CT molecular complexity index is 651. The van der Waals surface area contributed by atoms with E-state index < -0.39 is 0 Å². The molecule has 5 heteroatoms. The zero-order valence-electron chi connectivity index (χ0n) is 12.8. The van der Waals surface area contributed by atoms with Crippen LogP contribution in [0.5, 0.6) is 5.75 Å². The first-order chi connectivity index (χ1) is 10.7. The molecule has 0 saturated heterocycles. The van der Waals surface area contributed by atoms with Crippen LogP contribution in [-0.2, 0) is 17.8 Å². The van der Waals surface area contributed by atoms with Crippen LogP contribution >= 0.6 is 0 Å². The molecule has 0 saturated carbocycles. The molecule has 1 aromatic heterocycles. The summed E-state index contributed by atoms with van der Waals surface area (Å²) in [6.07, 6.45) is 3.30. The summed E-state index contributed by atoms with van der Waals surface area (Å²) in [5, 5.41) is 7.27. The zero-order chi connectivity index (χ0) is 15.4. The summed E-state index contributed by atoms with van der Waals surface area (Å²) < 4.78 is 7.54. The van der Waals surface area contributed by atoms with E-state index in [4.69, 9.17) is 4.74 Å². The van der Waals surface area contributed by atoms with Gasteiger partial charge < -0.3 is 10.1 Å². The minimum absolute atomic E-state index is 0.0620. The van der Waals surface area contributed by atoms with E-state index >= 15 is 0 Å². The van der Waals surface area contributed by atoms with Crippen molar-refractivity contribution in [3.05, 3.63) is 47.8 Å². The maximum Gasteiger partial charge on any atom is 0.221 e. The fraction of sp³-hybridized carbons (Fsp3) is 0.412. The minimum Gasteiger partial charge on any atom is -0.493 e. The molecule has 2 aromatic rings. The van der Waals surface area contributed by atoms with Crippen LogP contribution in [0.15, 0.2) is 36.5 Å². The zero-order valence-corrected chi connectivity index (χ0v) is 12.8. The van der Waals surface area contributed by atoms with Gasteiger partial charge in [-0.1, -0.05) is 18.2 Å². The van der Waals surface area contributed by atoms with Gasteiger partial charge in [-0.3, -0.25) is 9.48 Å². The quantitative estimate of drug-likeness (QED) is 0.918. The van der Waals surface area contributed by atoms with Gasteiger partial charge in [0.1, 0.15) is 5.75 Å². The number of aromatic nitrogens is 2. The second kappa shape index (κ2) is 6.64. The van der Waals surface area contributed by atoms with E-state index in [1.165, 1.54) is 5.56 Å². The van der Waals surface area contributed by atoms with Crippen LogP contribution in [0.25, 0.3) is 0 Å². The van der Waals surface area contributed by atoms with Crippen molar-refractivity contribution in [1.82, 2.24) is 15.1 Å². The molecule has 5 nitrogen and oxygen atoms in total. The number of carbonyl (C=O) groups excluding carboxylic acids is 1. The second-order valence-corrected chi connectivity index (χ2v) is 5.76. The van der Waals surface area contributed by atoms with Gasteiger partial charge in [0.2, 0.25) is 5.91 Å². The topological polar surface area (TPSA) is 56.2 Å². The Morgan fingerprint density at radius 2 is 2.27 bits per heavy atom. The van der Waals surface area contributed by atoms with E-state index in [-0.39, 0.29) is 5.91 Å². The number of nitrogens with zero attached hydrogens (tertiary/aromatic N) is 2. The molecule has 0 fully saturated rings. The lowest BCUT2D eigenvalue weighted by molar-refractivity contribution is -0.121. The summed E-state index contributed by atoms with van der Waals surface area (Å²) >= 11 is 0. The van der Waals surface area contributed by atoms with E-state index in [0.29, 0.717) is 32.0 Å². The van der Waals surface area contributed by atoms with Gasteiger partial charge in [-0.15, -0.1) is 0 Å². The fourth-order valence-corrected chi connectivity index (χ4v) is 2.67. The summed E-state index contributed by atoms with van der Waals surface area (Å²) in [5.41, 5.74) is 2.19. The van der Waals surface area contributed by atoms with Crippen LogP contribution in [0.1, 0.15) is 17.7 Å². The van der Waals surface area contributed by atoms with Gasteiger partial charge >= 0.3 is 0 Å². The highest BCUT2D eigenvalue weighted by Gasteiger charge is 2.19. The van der Waals surface area contributed by atoms with Gasteiger partial charge in [-0.2, -0.15) is 5.10 Å². The van der Waals surface area contributed by atoms with E-state index in [1.807, 2.05) is 37.4 Å². The molecule has 1 aromatic carbocycles. The SMILES string of the molecule is Cc1ccn(CCC(=O)NC[C@H]2COc3ccccc3C2)n1. The van der Waals surface area contributed by atoms with Crippen molar-refractivity contribution in [2.75, 3.05) is 13.2 Å². The van der Waals surface area contributed by atoms with Gasteiger partial charge in [0, 0.05) is 31.6 Å². The van der Waals surface area contributed by atoms with Crippen LogP contribution in [0.2, 0.25) is 0 Å². The van der Waals surface area contributed by atoms with E-state index in [0.717, 1.165) is 17.9 Å². The number of carbonyl (C=O) groups is 1. The molecule has 116 valence electrons. The van der Waals surface area contributed by atoms with Crippen LogP contribution < -0.4 is 10.1 Å². The molecule has 1 atom stereocenters. The second-order valence-electron chi connectivity index (χ2n) is 5.76. The van der Waals surface area contributed by atoms with Crippen molar-refractivity contribution in [2.24, 2.45) is 5.92 Å². The third kappa shape index (κ3) is 3.67. The van der Waals surface area contributed by atoms with Crippen molar-refractivity contribution < 1.29 is 9.53 Å². The summed E-state index contributed by atoms with van der Waals surface area (Å²) in [4.78, 5) is 11.9. The maximum atomic E-state index is 11.9. The number of amides is 1. The summed E-state index contributed by atoms with van der Waals surface area (Å²) in [6, 6.07) is 10.0. The number of fused-ring (bicyclic) bond motifs is 1. The van der Waals surface area contributed by atoms with Gasteiger partial charge in [-0.05, 0) is 31.0 Å². The number of rotatable bonds is 5. The Morgan fingerprint density at radius 1 is 1.41 bits per heavy atom. The molecule has 2 heterocycles. The highest BCUT2D eigenvalue weighted by atomic mass is 16.5. The maximum absolute atomic E-state index is 11.9. The Labute approximate surface area is 130 Å². The van der Waals surface area contributed by atoms with Crippen molar-refractivity contribution in [1.29, 1.82) is 0 Å². The molecule has 1 aliphatic heterocycles. The number of ether oxygens (including phenoxy) is 1. The average molecular weight is 299 g/mol. The predicted octanol–water partition coefficient (Wildman–Crippen LogP) is 1.95. The summed E-state index contributed by atoms with van der Waals surface area (Å²) in [6.45, 7) is 3.88. The number of hydrogen-bond acceptors (Lipinski definition) is 3. The lowest BCUT2D eigenvalue weighted by Crippen LogP contribution is -2.35. The number of benzene rings is 1. The molecular formula is C17H21N3O2. The van der Waals surface area contributed by atoms with Crippen molar-refractivity contribution in [2.45, 2.75) is 26.3 Å². The third-order valence-electron chi connectivity index (χ3n) is 3.89. The largest absolute Gasteiger partial charge is 0.493 e. The summed E-state index contributed by atoms with van der Waals surface area (Å²) in [5.74, 6) is 1.37. The minimum atomic E-state index is 0.0620. The molecule has 0 spiro atoms. The Hall–Kier alpha value is -2.30. The Kier molecular flexibility index (Phi) is 4.42. The molecule has 1 amide bonds. The van der Waals surface area contributed by atoms with Crippen molar-refractivity contribution in [3.63, 3.8) is 0 Å². The first-order valence-electron chi connectivity index (χ1n) is 7.68. The number of aryl methyl sites for hydroxylation is 2. The van der Waals surface area contributed by atoms with Gasteiger partial charge in [0.15, 0.2) is 0 Å². The van der Waals surface area contributed by atoms with Crippen molar-refractivity contribution in [3.8, 4) is 5.75 Å². The molecule has 22 heavy (non-hydrogen) atoms. The molecular weight excluding hydrogens is 278 g/mol. The number of hydrogen-bond donors (Lipinski definition) is 1. The monoisotopic (exact) mass is 299 g/mol. The third-order valence-corrected chi connectivity index (χ3v) is 3.89. The van der Waals surface area contributed by atoms with Crippen LogP contribution in [0.4, 0.5) is 0 Å². The molecule has 3 rings (SSSR count). The Morgan fingerprint density at radius 3 is 3.09 bits per heavy atom. The van der Waals surface area contributed by atoms with Gasteiger partial charge in [-0.25, -0.2) is 0 Å². The predicted molar refractivity (Wildman–Crippen MR) is 83.7 cm³/mol. The fourth-order valence-electron chi connectivity index (χ4n) is 2.67. The van der Waals surface area contributed by atoms with Crippen LogP contribution in [0, 0.1) is 12.8 Å².